The molecule has 0 aliphatic carbocycles. The molecule has 2 heterocycles. The molecule has 0 amide bonds. The van der Waals surface area contributed by atoms with Gasteiger partial charge in [0.05, 0.1) is 10.4 Å². The van der Waals surface area contributed by atoms with Gasteiger partial charge < -0.3 is 10.8 Å². The normalized spacial score (nSPS) is 10.9. The predicted molar refractivity (Wildman–Crippen MR) is 76.5 cm³/mol. The van der Waals surface area contributed by atoms with Gasteiger partial charge in [-0.2, -0.15) is 9.78 Å². The number of carbonyl (C=O) groups is 1. The molecule has 1 aromatic carbocycles. The predicted octanol–water partition coefficient (Wildman–Crippen LogP) is 1.87. The van der Waals surface area contributed by atoms with E-state index in [1.54, 1.807) is 0 Å². The first-order valence-corrected chi connectivity index (χ1v) is 6.67. The highest BCUT2D eigenvalue weighted by molar-refractivity contribution is 7.15. The molecule has 3 rings (SSSR count). The van der Waals surface area contributed by atoms with Crippen LogP contribution in [-0.2, 0) is 0 Å². The number of nitrogens with zero attached hydrogens (tertiary/aromatic N) is 2. The summed E-state index contributed by atoms with van der Waals surface area (Å²) in [6, 6.07) is 5.47. The van der Waals surface area contributed by atoms with E-state index in [0.717, 1.165) is 22.1 Å². The lowest BCUT2D eigenvalue weighted by atomic mass is 10.2. The van der Waals surface area contributed by atoms with Gasteiger partial charge in [0.2, 0.25) is 0 Å². The highest BCUT2D eigenvalue weighted by atomic mass is 32.1. The standard InChI is InChI=1S/C13H8FN3O3S/c14-7-3-1-2-4-8(7)17-12(18)9-6(5-21-11(9)15)10(16-17)13(19)20/h1-5H,15H2,(H,19,20). The lowest BCUT2D eigenvalue weighted by Crippen LogP contribution is -2.25. The third-order valence-corrected chi connectivity index (χ3v) is 3.78. The Balaban J connectivity index is 2.47. The smallest absolute Gasteiger partial charge is 0.357 e. The molecule has 8 heteroatoms. The summed E-state index contributed by atoms with van der Waals surface area (Å²) >= 11 is 1.04. The molecule has 0 saturated heterocycles. The number of halogens is 1. The number of carboxylic acids is 1. The van der Waals surface area contributed by atoms with Crippen LogP contribution in [0.1, 0.15) is 10.5 Å². The number of thiophene rings is 1. The van der Waals surface area contributed by atoms with Crippen LogP contribution >= 0.6 is 11.3 Å². The minimum atomic E-state index is -1.32. The van der Waals surface area contributed by atoms with Crippen LogP contribution in [0.2, 0.25) is 0 Å². The van der Waals surface area contributed by atoms with E-state index < -0.39 is 17.3 Å². The van der Waals surface area contributed by atoms with Crippen molar-refractivity contribution in [2.75, 3.05) is 5.73 Å². The molecule has 0 bridgehead atoms. The molecule has 0 aliphatic heterocycles. The lowest BCUT2D eigenvalue weighted by Gasteiger charge is -2.07. The summed E-state index contributed by atoms with van der Waals surface area (Å²) < 4.78 is 14.6. The molecular formula is C13H8FN3O3S. The number of benzene rings is 1. The van der Waals surface area contributed by atoms with E-state index >= 15 is 0 Å². The van der Waals surface area contributed by atoms with Crippen LogP contribution in [0, 0.1) is 5.82 Å². The van der Waals surface area contributed by atoms with Gasteiger partial charge in [-0.3, -0.25) is 4.79 Å². The molecule has 0 unspecified atom stereocenters. The second kappa shape index (κ2) is 4.67. The van der Waals surface area contributed by atoms with Crippen LogP contribution in [0.15, 0.2) is 34.4 Å². The monoisotopic (exact) mass is 305 g/mol. The summed E-state index contributed by atoms with van der Waals surface area (Å²) in [5, 5.41) is 14.8. The van der Waals surface area contributed by atoms with Crippen LogP contribution in [0.5, 0.6) is 0 Å². The van der Waals surface area contributed by atoms with E-state index in [9.17, 15) is 19.1 Å². The van der Waals surface area contributed by atoms with Gasteiger partial charge in [0.15, 0.2) is 5.69 Å². The Hall–Kier alpha value is -2.74. The molecule has 2 aromatic heterocycles. The van der Waals surface area contributed by atoms with E-state index in [1.807, 2.05) is 0 Å². The Bertz CT molecular complexity index is 932. The number of rotatable bonds is 2. The van der Waals surface area contributed by atoms with Crippen LogP contribution < -0.4 is 11.3 Å². The molecular weight excluding hydrogens is 297 g/mol. The zero-order valence-electron chi connectivity index (χ0n) is 10.4. The first-order chi connectivity index (χ1) is 10.0. The number of fused-ring (bicyclic) bond motifs is 1. The van der Waals surface area contributed by atoms with Crippen LogP contribution in [0.4, 0.5) is 9.39 Å². The van der Waals surface area contributed by atoms with Crippen molar-refractivity contribution >= 4 is 33.1 Å². The second-order valence-electron chi connectivity index (χ2n) is 4.21. The largest absolute Gasteiger partial charge is 0.476 e. The summed E-state index contributed by atoms with van der Waals surface area (Å²) in [6.45, 7) is 0. The highest BCUT2D eigenvalue weighted by Gasteiger charge is 2.20. The first kappa shape index (κ1) is 13.3. The fourth-order valence-electron chi connectivity index (χ4n) is 2.02. The number of carboxylic acid groups (broad SMARTS) is 1. The van der Waals surface area contributed by atoms with Crippen molar-refractivity contribution in [1.82, 2.24) is 9.78 Å². The molecule has 0 radical (unpaired) electrons. The van der Waals surface area contributed by atoms with E-state index in [2.05, 4.69) is 5.10 Å². The fourth-order valence-corrected chi connectivity index (χ4v) is 2.81. The van der Waals surface area contributed by atoms with Crippen LogP contribution in [0.3, 0.4) is 0 Å². The number of hydrogen-bond acceptors (Lipinski definition) is 5. The third-order valence-electron chi connectivity index (χ3n) is 2.96. The maximum Gasteiger partial charge on any atom is 0.357 e. The zero-order valence-corrected chi connectivity index (χ0v) is 11.2. The SMILES string of the molecule is Nc1scc2c(C(=O)O)nn(-c3ccccc3F)c(=O)c12. The summed E-state index contributed by atoms with van der Waals surface area (Å²) in [7, 11) is 0. The van der Waals surface area contributed by atoms with E-state index in [-0.39, 0.29) is 27.2 Å². The van der Waals surface area contributed by atoms with Crippen molar-refractivity contribution in [2.45, 2.75) is 0 Å². The number of aromatic carboxylic acids is 1. The summed E-state index contributed by atoms with van der Waals surface area (Å²) in [6.07, 6.45) is 0. The maximum absolute atomic E-state index is 13.8. The lowest BCUT2D eigenvalue weighted by molar-refractivity contribution is 0.0691. The third kappa shape index (κ3) is 1.96. The molecule has 21 heavy (non-hydrogen) atoms. The molecule has 0 atom stereocenters. The molecule has 3 N–H and O–H groups in total. The van der Waals surface area contributed by atoms with Crippen molar-refractivity contribution in [2.24, 2.45) is 0 Å². The van der Waals surface area contributed by atoms with E-state index in [0.29, 0.717) is 0 Å². The first-order valence-electron chi connectivity index (χ1n) is 5.79. The van der Waals surface area contributed by atoms with Crippen molar-refractivity contribution in [3.05, 3.63) is 51.5 Å². The van der Waals surface area contributed by atoms with Gasteiger partial charge in [0.25, 0.3) is 5.56 Å². The minimum Gasteiger partial charge on any atom is -0.476 e. The Morgan fingerprint density at radius 3 is 2.76 bits per heavy atom. The number of hydrogen-bond donors (Lipinski definition) is 2. The minimum absolute atomic E-state index is 0.0376. The quantitative estimate of drug-likeness (QED) is 0.753. The average Bonchev–Trinajstić information content (AvgIpc) is 2.83. The summed E-state index contributed by atoms with van der Waals surface area (Å²) in [4.78, 5) is 23.7. The zero-order chi connectivity index (χ0) is 15.1. The van der Waals surface area contributed by atoms with Gasteiger partial charge in [-0.15, -0.1) is 11.3 Å². The molecule has 3 aromatic rings. The Morgan fingerprint density at radius 2 is 2.10 bits per heavy atom. The number of nitrogens with two attached hydrogens (primary N) is 1. The van der Waals surface area contributed by atoms with Crippen molar-refractivity contribution in [1.29, 1.82) is 0 Å². The molecule has 0 spiro atoms. The van der Waals surface area contributed by atoms with E-state index in [1.165, 1.54) is 23.6 Å². The van der Waals surface area contributed by atoms with Crippen LogP contribution in [0.25, 0.3) is 16.5 Å². The number of anilines is 1. The maximum atomic E-state index is 13.8. The van der Waals surface area contributed by atoms with Crippen molar-refractivity contribution in [3.8, 4) is 5.69 Å². The van der Waals surface area contributed by atoms with Crippen LogP contribution in [-0.4, -0.2) is 20.9 Å². The number of nitrogen functional groups attached to an aromatic ring is 1. The second-order valence-corrected chi connectivity index (χ2v) is 5.12. The molecule has 0 fully saturated rings. The van der Waals surface area contributed by atoms with Gasteiger partial charge in [-0.1, -0.05) is 12.1 Å². The molecule has 0 saturated carbocycles. The number of aromatic nitrogens is 2. The molecule has 106 valence electrons. The van der Waals surface area contributed by atoms with Gasteiger partial charge >= 0.3 is 5.97 Å². The van der Waals surface area contributed by atoms with Gasteiger partial charge in [0, 0.05) is 10.8 Å². The van der Waals surface area contributed by atoms with E-state index in [4.69, 9.17) is 5.73 Å². The molecule has 0 aliphatic rings. The Morgan fingerprint density at radius 1 is 1.38 bits per heavy atom. The fraction of sp³-hybridized carbons (Fsp3) is 0. The Kier molecular flexibility index (Phi) is 2.95. The van der Waals surface area contributed by atoms with Gasteiger partial charge in [0.1, 0.15) is 11.5 Å². The van der Waals surface area contributed by atoms with Crippen molar-refractivity contribution < 1.29 is 14.3 Å². The van der Waals surface area contributed by atoms with Gasteiger partial charge in [-0.05, 0) is 12.1 Å². The average molecular weight is 305 g/mol. The molecule has 6 nitrogen and oxygen atoms in total. The topological polar surface area (TPSA) is 98.2 Å². The van der Waals surface area contributed by atoms with Gasteiger partial charge in [-0.25, -0.2) is 9.18 Å². The highest BCUT2D eigenvalue weighted by Crippen LogP contribution is 2.27. The summed E-state index contributed by atoms with van der Waals surface area (Å²) in [5.41, 5.74) is 4.59. The van der Waals surface area contributed by atoms with Crippen molar-refractivity contribution in [3.63, 3.8) is 0 Å². The Labute approximate surface area is 120 Å². The number of para-hydroxylation sites is 1. The summed E-state index contributed by atoms with van der Waals surface area (Å²) in [5.74, 6) is -2.00.